The molecular weight excluding hydrogens is 1720 g/mol. The summed E-state index contributed by atoms with van der Waals surface area (Å²) in [5, 5.41) is 29.3. The Hall–Kier alpha value is -4.07. The number of hydrogen-bond acceptors (Lipinski definition) is 23. The summed E-state index contributed by atoms with van der Waals surface area (Å²) in [6.45, 7) is 26.3. The number of carbonyl (C=O) groups is 7. The minimum atomic E-state index is -0.262. The van der Waals surface area contributed by atoms with Gasteiger partial charge in [0.2, 0.25) is 0 Å². The van der Waals surface area contributed by atoms with Gasteiger partial charge in [-0.25, -0.2) is 25.0 Å². The van der Waals surface area contributed by atoms with E-state index >= 15 is 0 Å². The summed E-state index contributed by atoms with van der Waals surface area (Å²) < 4.78 is 38.3. The molecule has 0 amide bonds. The molecule has 0 aromatic heterocycles. The molecule has 1 saturated heterocycles. The Balaban J connectivity index is 0. The zero-order valence-corrected chi connectivity index (χ0v) is 91.3. The fourth-order valence-electron chi connectivity index (χ4n) is 17.3. The summed E-state index contributed by atoms with van der Waals surface area (Å²) in [5.74, 6) is -1.51. The van der Waals surface area contributed by atoms with Gasteiger partial charge in [0, 0.05) is 85.1 Å². The van der Waals surface area contributed by atoms with E-state index in [1.165, 1.54) is 360 Å². The SMILES string of the molecule is CCCCCCCCCCCCCCCCOC(=O)CCN(CCO)N(CCC(=O)OCCCCCCCCCCCCCCCC)CCC(=O)OCCCCCCCCCCCCCCCC.CCCCCCCCCCCCOC(=O)CCNN(CCO)CCC(=O)OCCCCCCCCCCCC.CCCCCCOC(=O)CCN(CCC(=O)OCCCCCC)N1CCN(C)CC1. The van der Waals surface area contributed by atoms with Gasteiger partial charge in [-0.1, -0.05) is 453 Å². The van der Waals surface area contributed by atoms with Gasteiger partial charge in [-0.05, 0) is 52.0 Å². The molecule has 3 N–H and O–H groups in total. The van der Waals surface area contributed by atoms with Crippen molar-refractivity contribution < 1.29 is 76.9 Å². The smallest absolute Gasteiger partial charge is 0.307 e. The Morgan fingerprint density at radius 2 is 0.394 bits per heavy atom. The molecule has 0 saturated carbocycles. The monoisotopic (exact) mass is 1950 g/mol. The molecule has 812 valence electrons. The van der Waals surface area contributed by atoms with Crippen LogP contribution in [0.5, 0.6) is 0 Å². The first-order valence-corrected chi connectivity index (χ1v) is 58.7. The molecular formula is C114H225N7O16. The number of nitrogens with zero attached hydrogens (tertiary/aromatic N) is 6. The number of aliphatic hydroxyl groups excluding tert-OH is 2. The van der Waals surface area contributed by atoms with E-state index in [-0.39, 0.29) is 93.6 Å². The first-order valence-electron chi connectivity index (χ1n) is 58.7. The second kappa shape index (κ2) is 112. The minimum absolute atomic E-state index is 0.0240. The number of esters is 7. The summed E-state index contributed by atoms with van der Waals surface area (Å²) in [5.41, 5.74) is 3.13. The maximum Gasteiger partial charge on any atom is 0.307 e. The van der Waals surface area contributed by atoms with Gasteiger partial charge in [-0.3, -0.25) is 39.0 Å². The van der Waals surface area contributed by atoms with Gasteiger partial charge in [0.1, 0.15) is 0 Å². The predicted molar refractivity (Wildman–Crippen MR) is 569 cm³/mol. The highest BCUT2D eigenvalue weighted by Gasteiger charge is 2.24. The molecule has 0 unspecified atom stereocenters. The van der Waals surface area contributed by atoms with Crippen LogP contribution in [0.2, 0.25) is 0 Å². The van der Waals surface area contributed by atoms with E-state index in [2.05, 4.69) is 75.9 Å². The van der Waals surface area contributed by atoms with Gasteiger partial charge < -0.3 is 48.3 Å². The second-order valence-corrected chi connectivity index (χ2v) is 39.5. The first-order chi connectivity index (χ1) is 67.2. The normalized spacial score (nSPS) is 12.3. The van der Waals surface area contributed by atoms with E-state index in [1.807, 2.05) is 10.0 Å². The number of unbranched alkanes of at least 4 members (excludes halogenated alkanes) is 63. The third-order valence-corrected chi connectivity index (χ3v) is 26.5. The van der Waals surface area contributed by atoms with Gasteiger partial charge in [-0.15, -0.1) is 0 Å². The number of piperazine rings is 1. The molecule has 0 aromatic rings. The molecule has 1 aliphatic rings. The van der Waals surface area contributed by atoms with Crippen LogP contribution in [0.3, 0.4) is 0 Å². The molecule has 1 heterocycles. The lowest BCUT2D eigenvalue weighted by atomic mass is 10.0. The molecule has 0 atom stereocenters. The van der Waals surface area contributed by atoms with Crippen molar-refractivity contribution in [1.82, 2.24) is 35.4 Å². The largest absolute Gasteiger partial charge is 0.466 e. The van der Waals surface area contributed by atoms with Crippen LogP contribution in [0.4, 0.5) is 0 Å². The lowest BCUT2D eigenvalue weighted by molar-refractivity contribution is -0.150. The topological polar surface area (TPSA) is 256 Å². The Bertz CT molecular complexity index is 2460. The van der Waals surface area contributed by atoms with Crippen LogP contribution in [0, 0.1) is 0 Å². The quantitative estimate of drug-likeness (QED) is 0.0221. The lowest BCUT2D eigenvalue weighted by Crippen LogP contribution is -2.53. The molecule has 0 spiro atoms. The van der Waals surface area contributed by atoms with Crippen molar-refractivity contribution in [3.05, 3.63) is 0 Å². The van der Waals surface area contributed by atoms with Gasteiger partial charge in [-0.2, -0.15) is 0 Å². The van der Waals surface area contributed by atoms with Crippen LogP contribution in [-0.4, -0.2) is 234 Å². The van der Waals surface area contributed by atoms with Gasteiger partial charge >= 0.3 is 41.8 Å². The van der Waals surface area contributed by atoms with Crippen molar-refractivity contribution in [2.45, 2.75) is 543 Å². The summed E-state index contributed by atoms with van der Waals surface area (Å²) in [6, 6.07) is 0. The van der Waals surface area contributed by atoms with Gasteiger partial charge in [0.05, 0.1) is 104 Å². The van der Waals surface area contributed by atoms with E-state index in [4.69, 9.17) is 33.2 Å². The van der Waals surface area contributed by atoms with E-state index in [1.54, 1.807) is 5.01 Å². The van der Waals surface area contributed by atoms with Crippen LogP contribution in [-0.2, 0) is 66.7 Å². The summed E-state index contributed by atoms with van der Waals surface area (Å²) >= 11 is 0. The Kier molecular flexibility index (Phi) is 111. The zero-order valence-electron chi connectivity index (χ0n) is 91.3. The fourth-order valence-corrected chi connectivity index (χ4v) is 17.3. The molecule has 0 radical (unpaired) electrons. The van der Waals surface area contributed by atoms with E-state index in [9.17, 15) is 43.8 Å². The van der Waals surface area contributed by atoms with Crippen LogP contribution in [0.15, 0.2) is 0 Å². The molecule has 0 bridgehead atoms. The number of carbonyl (C=O) groups excluding carboxylic acids is 7. The van der Waals surface area contributed by atoms with E-state index in [0.717, 1.165) is 116 Å². The Labute approximate surface area is 844 Å². The summed E-state index contributed by atoms with van der Waals surface area (Å²) in [7, 11) is 2.12. The lowest BCUT2D eigenvalue weighted by Gasteiger charge is -2.40. The molecule has 23 nitrogen and oxygen atoms in total. The van der Waals surface area contributed by atoms with Crippen LogP contribution >= 0.6 is 0 Å². The van der Waals surface area contributed by atoms with Crippen molar-refractivity contribution in [1.29, 1.82) is 0 Å². The molecule has 0 aromatic carbocycles. The minimum Gasteiger partial charge on any atom is -0.466 e. The van der Waals surface area contributed by atoms with Crippen LogP contribution < -0.4 is 5.43 Å². The predicted octanol–water partition coefficient (Wildman–Crippen LogP) is 27.7. The van der Waals surface area contributed by atoms with Crippen molar-refractivity contribution in [3.8, 4) is 0 Å². The molecule has 137 heavy (non-hydrogen) atoms. The standard InChI is InChI=1S/C59H116N2O7.C32H64N2O5.C23H45N3O4/c1-4-7-10-13-16-19-22-25-28-31-34-37-40-43-54-66-57(63)46-49-60(50-47-58(64)67-55-44-41-38-35-32-29-26-23-20-17-14-11-8-5-2)61(52-53-62)51-48-59(65)68-56-45-42-39-36-33-30-27-24-21-18-15-12-9-6-3;1-3-5-7-9-11-13-15-17-19-21-29-38-31(36)23-25-33-34(27-28-35)26-24-32(37)39-30-22-20-18-16-14-12-10-8-6-4-2;1-4-6-8-10-20-29-22(27)12-14-25(26-18-16-24(3)17-19-26)15-13-23(28)30-21-11-9-7-5-2/h62H,4-56H2,1-3H3;33,35H,3-30H2,1-2H3;4-21H2,1-3H3. The number of nitrogens with one attached hydrogen (secondary N) is 1. The maximum absolute atomic E-state index is 12.9. The molecule has 1 fully saturated rings. The second-order valence-electron chi connectivity index (χ2n) is 39.5. The van der Waals surface area contributed by atoms with Gasteiger partial charge in [0.25, 0.3) is 0 Å². The van der Waals surface area contributed by atoms with Crippen molar-refractivity contribution in [2.24, 2.45) is 0 Å². The van der Waals surface area contributed by atoms with Crippen LogP contribution in [0.1, 0.15) is 543 Å². The summed E-state index contributed by atoms with van der Waals surface area (Å²) in [6.07, 6.45) is 89.5. The highest BCUT2D eigenvalue weighted by Crippen LogP contribution is 2.21. The van der Waals surface area contributed by atoms with E-state index in [0.29, 0.717) is 111 Å². The van der Waals surface area contributed by atoms with Crippen LogP contribution in [0.25, 0.3) is 0 Å². The third kappa shape index (κ3) is 103. The number of ether oxygens (including phenoxy) is 7. The van der Waals surface area contributed by atoms with Gasteiger partial charge in [0.15, 0.2) is 0 Å². The van der Waals surface area contributed by atoms with Crippen molar-refractivity contribution >= 4 is 41.8 Å². The number of hydrogen-bond donors (Lipinski definition) is 3. The molecule has 1 rings (SSSR count). The highest BCUT2D eigenvalue weighted by atomic mass is 16.6. The molecule has 0 aliphatic carbocycles. The Morgan fingerprint density at radius 1 is 0.219 bits per heavy atom. The Morgan fingerprint density at radius 3 is 0.606 bits per heavy atom. The number of rotatable bonds is 105. The number of aliphatic hydroxyl groups is 2. The molecule has 1 aliphatic heterocycles. The average Bonchev–Trinajstić information content (AvgIpc) is 0.903. The summed E-state index contributed by atoms with van der Waals surface area (Å²) in [4.78, 5) is 89.1. The fraction of sp³-hybridized carbons (Fsp3) is 0.939. The van der Waals surface area contributed by atoms with Crippen molar-refractivity contribution in [3.63, 3.8) is 0 Å². The third-order valence-electron chi connectivity index (χ3n) is 26.5. The first kappa shape index (κ1) is 135. The molecule has 23 heteroatoms. The number of hydrazine groups is 3. The average molecular weight is 1950 g/mol. The number of likely N-dealkylation sites (N-methyl/N-ethyl adjacent to an activating group) is 1. The maximum atomic E-state index is 12.9. The van der Waals surface area contributed by atoms with E-state index < -0.39 is 0 Å². The van der Waals surface area contributed by atoms with Crippen molar-refractivity contribution in [2.75, 3.05) is 152 Å². The highest BCUT2D eigenvalue weighted by molar-refractivity contribution is 5.72. The zero-order chi connectivity index (χ0) is 100.